The van der Waals surface area contributed by atoms with Crippen molar-refractivity contribution in [2.24, 2.45) is 0 Å². The van der Waals surface area contributed by atoms with Gasteiger partial charge in [0.15, 0.2) is 0 Å². The largest absolute Gasteiger partial charge is 0.388 e. The standard InChI is InChI=1S/C11H21N3O4/c1-11(17,3-4-18-2)7-14-10(16)8-5-13-9(15)6-12-8/h8,12,17H,3-7H2,1-2H3,(H,13,15)(H,14,16). The molecule has 1 fully saturated rings. The van der Waals surface area contributed by atoms with Gasteiger partial charge in [-0.1, -0.05) is 0 Å². The van der Waals surface area contributed by atoms with Crippen molar-refractivity contribution in [3.63, 3.8) is 0 Å². The lowest BCUT2D eigenvalue weighted by Gasteiger charge is -2.27. The first-order valence-corrected chi connectivity index (χ1v) is 5.94. The second-order valence-electron chi connectivity index (χ2n) is 4.70. The molecule has 1 rings (SSSR count). The molecule has 0 radical (unpaired) electrons. The second kappa shape index (κ2) is 6.67. The van der Waals surface area contributed by atoms with E-state index in [0.29, 0.717) is 13.0 Å². The zero-order valence-corrected chi connectivity index (χ0v) is 10.8. The quantitative estimate of drug-likeness (QED) is 0.441. The lowest BCUT2D eigenvalue weighted by Crippen LogP contribution is -2.59. The molecule has 0 aromatic heterocycles. The molecular weight excluding hydrogens is 238 g/mol. The summed E-state index contributed by atoms with van der Waals surface area (Å²) in [6.07, 6.45) is 0.443. The number of aliphatic hydroxyl groups is 1. The van der Waals surface area contributed by atoms with Crippen molar-refractivity contribution < 1.29 is 19.4 Å². The van der Waals surface area contributed by atoms with E-state index < -0.39 is 11.6 Å². The van der Waals surface area contributed by atoms with E-state index in [-0.39, 0.29) is 31.4 Å². The number of methoxy groups -OCH3 is 1. The van der Waals surface area contributed by atoms with E-state index in [1.54, 1.807) is 14.0 Å². The Kier molecular flexibility index (Phi) is 5.52. The number of amides is 2. The smallest absolute Gasteiger partial charge is 0.239 e. The number of hydrogen-bond donors (Lipinski definition) is 4. The van der Waals surface area contributed by atoms with Gasteiger partial charge in [0.1, 0.15) is 6.04 Å². The lowest BCUT2D eigenvalue weighted by molar-refractivity contribution is -0.127. The Hall–Kier alpha value is -1.18. The van der Waals surface area contributed by atoms with Crippen LogP contribution in [0.25, 0.3) is 0 Å². The van der Waals surface area contributed by atoms with Crippen molar-refractivity contribution >= 4 is 11.8 Å². The van der Waals surface area contributed by atoms with Crippen molar-refractivity contribution in [3.8, 4) is 0 Å². The van der Waals surface area contributed by atoms with Crippen LogP contribution in [0.2, 0.25) is 0 Å². The molecule has 104 valence electrons. The topological polar surface area (TPSA) is 99.7 Å². The lowest BCUT2D eigenvalue weighted by atomic mass is 10.0. The number of piperazine rings is 1. The van der Waals surface area contributed by atoms with E-state index >= 15 is 0 Å². The summed E-state index contributed by atoms with van der Waals surface area (Å²) in [4.78, 5) is 22.7. The molecule has 2 atom stereocenters. The molecule has 0 aromatic rings. The maximum atomic E-state index is 11.8. The van der Waals surface area contributed by atoms with Gasteiger partial charge >= 0.3 is 0 Å². The highest BCUT2D eigenvalue weighted by molar-refractivity contribution is 5.86. The molecule has 0 spiro atoms. The summed E-state index contributed by atoms with van der Waals surface area (Å²) in [5.74, 6) is -0.348. The fraction of sp³-hybridized carbons (Fsp3) is 0.818. The van der Waals surface area contributed by atoms with Crippen molar-refractivity contribution in [3.05, 3.63) is 0 Å². The van der Waals surface area contributed by atoms with Crippen LogP contribution in [0.5, 0.6) is 0 Å². The van der Waals surface area contributed by atoms with E-state index in [4.69, 9.17) is 4.74 Å². The van der Waals surface area contributed by atoms with E-state index in [0.717, 1.165) is 0 Å². The van der Waals surface area contributed by atoms with E-state index in [9.17, 15) is 14.7 Å². The van der Waals surface area contributed by atoms with Crippen molar-refractivity contribution in [1.82, 2.24) is 16.0 Å². The van der Waals surface area contributed by atoms with Gasteiger partial charge in [0.05, 0.1) is 12.1 Å². The van der Waals surface area contributed by atoms with Gasteiger partial charge in [0.2, 0.25) is 11.8 Å². The first-order chi connectivity index (χ1) is 8.44. The summed E-state index contributed by atoms with van der Waals surface area (Å²) >= 11 is 0. The molecule has 18 heavy (non-hydrogen) atoms. The monoisotopic (exact) mass is 259 g/mol. The van der Waals surface area contributed by atoms with Crippen LogP contribution in [-0.4, -0.2) is 61.9 Å². The van der Waals surface area contributed by atoms with Gasteiger partial charge < -0.3 is 20.5 Å². The number of ether oxygens (including phenoxy) is 1. The third-order valence-electron chi connectivity index (χ3n) is 2.82. The van der Waals surface area contributed by atoms with Crippen LogP contribution >= 0.6 is 0 Å². The third kappa shape index (κ3) is 4.99. The molecular formula is C11H21N3O4. The molecule has 0 bridgehead atoms. The van der Waals surface area contributed by atoms with Crippen molar-refractivity contribution in [2.75, 3.05) is 33.4 Å². The molecule has 2 amide bonds. The fourth-order valence-electron chi connectivity index (χ4n) is 1.56. The van der Waals surface area contributed by atoms with Gasteiger partial charge in [-0.05, 0) is 6.92 Å². The zero-order valence-electron chi connectivity index (χ0n) is 10.8. The predicted octanol–water partition coefficient (Wildman–Crippen LogP) is -2.02. The molecule has 1 heterocycles. The van der Waals surface area contributed by atoms with Gasteiger partial charge in [0, 0.05) is 33.2 Å². The van der Waals surface area contributed by atoms with Gasteiger partial charge in [-0.3, -0.25) is 14.9 Å². The summed E-state index contributed by atoms with van der Waals surface area (Å²) < 4.78 is 4.88. The molecule has 0 aromatic carbocycles. The van der Waals surface area contributed by atoms with Gasteiger partial charge in [-0.25, -0.2) is 0 Å². The SMILES string of the molecule is COCCC(C)(O)CNC(=O)C1CNC(=O)CN1. The molecule has 1 saturated heterocycles. The van der Waals surface area contributed by atoms with Gasteiger partial charge in [-0.2, -0.15) is 0 Å². The van der Waals surface area contributed by atoms with Crippen LogP contribution in [0.1, 0.15) is 13.3 Å². The van der Waals surface area contributed by atoms with Crippen LogP contribution in [-0.2, 0) is 14.3 Å². The van der Waals surface area contributed by atoms with Gasteiger partial charge in [-0.15, -0.1) is 0 Å². The molecule has 7 heteroatoms. The Labute approximate surface area is 106 Å². The average Bonchev–Trinajstić information content (AvgIpc) is 2.35. The predicted molar refractivity (Wildman–Crippen MR) is 64.9 cm³/mol. The first kappa shape index (κ1) is 14.9. The minimum Gasteiger partial charge on any atom is -0.388 e. The third-order valence-corrected chi connectivity index (χ3v) is 2.82. The van der Waals surface area contributed by atoms with Crippen LogP contribution in [0.3, 0.4) is 0 Å². The summed E-state index contributed by atoms with van der Waals surface area (Å²) in [6, 6.07) is -0.444. The fourth-order valence-corrected chi connectivity index (χ4v) is 1.56. The number of nitrogens with one attached hydrogen (secondary N) is 3. The Balaban J connectivity index is 2.29. The Morgan fingerprint density at radius 2 is 2.39 bits per heavy atom. The van der Waals surface area contributed by atoms with Gasteiger partial charge in [0.25, 0.3) is 0 Å². The maximum absolute atomic E-state index is 11.8. The highest BCUT2D eigenvalue weighted by Gasteiger charge is 2.26. The average molecular weight is 259 g/mol. The number of rotatable bonds is 6. The van der Waals surface area contributed by atoms with Crippen LogP contribution in [0.15, 0.2) is 0 Å². The molecule has 2 unspecified atom stereocenters. The Bertz CT molecular complexity index is 297. The zero-order chi connectivity index (χ0) is 13.6. The van der Waals surface area contributed by atoms with Crippen molar-refractivity contribution in [2.45, 2.75) is 25.0 Å². The minimum absolute atomic E-state index is 0.119. The van der Waals surface area contributed by atoms with E-state index in [1.165, 1.54) is 0 Å². The number of carbonyl (C=O) groups is 2. The summed E-state index contributed by atoms with van der Waals surface area (Å²) in [7, 11) is 1.56. The minimum atomic E-state index is -0.996. The van der Waals surface area contributed by atoms with Crippen LogP contribution in [0.4, 0.5) is 0 Å². The molecule has 0 saturated carbocycles. The molecule has 1 aliphatic rings. The number of hydrogen-bond acceptors (Lipinski definition) is 5. The molecule has 1 aliphatic heterocycles. The normalized spacial score (nSPS) is 23.1. The highest BCUT2D eigenvalue weighted by atomic mass is 16.5. The van der Waals surface area contributed by atoms with E-state index in [1.807, 2.05) is 0 Å². The highest BCUT2D eigenvalue weighted by Crippen LogP contribution is 2.07. The summed E-state index contributed by atoms with van der Waals surface area (Å²) in [6.45, 7) is 2.63. The Morgan fingerprint density at radius 1 is 1.67 bits per heavy atom. The van der Waals surface area contributed by atoms with E-state index in [2.05, 4.69) is 16.0 Å². The van der Waals surface area contributed by atoms with Crippen LogP contribution in [0, 0.1) is 0 Å². The number of carbonyl (C=O) groups excluding carboxylic acids is 2. The first-order valence-electron chi connectivity index (χ1n) is 5.94. The van der Waals surface area contributed by atoms with Crippen molar-refractivity contribution in [1.29, 1.82) is 0 Å². The maximum Gasteiger partial charge on any atom is 0.239 e. The second-order valence-corrected chi connectivity index (χ2v) is 4.70. The molecule has 4 N–H and O–H groups in total. The Morgan fingerprint density at radius 3 is 2.94 bits per heavy atom. The molecule has 7 nitrogen and oxygen atoms in total. The van der Waals surface area contributed by atoms with Crippen LogP contribution < -0.4 is 16.0 Å². The molecule has 0 aliphatic carbocycles. The summed E-state index contributed by atoms with van der Waals surface area (Å²) in [5, 5.41) is 18.0. The summed E-state index contributed by atoms with van der Waals surface area (Å²) in [5.41, 5.74) is -0.996.